The van der Waals surface area contributed by atoms with E-state index in [0.29, 0.717) is 32.5 Å². The Morgan fingerprint density at radius 3 is 2.47 bits per heavy atom. The van der Waals surface area contributed by atoms with Crippen molar-refractivity contribution in [1.82, 2.24) is 15.2 Å². The number of rotatable bonds is 6. The van der Waals surface area contributed by atoms with E-state index in [-0.39, 0.29) is 22.8 Å². The first-order valence-electron chi connectivity index (χ1n) is 10.9. The average Bonchev–Trinajstić information content (AvgIpc) is 3.50. The van der Waals surface area contributed by atoms with Gasteiger partial charge in [0.2, 0.25) is 5.91 Å². The molecule has 1 unspecified atom stereocenters. The Morgan fingerprint density at radius 2 is 1.78 bits per heavy atom. The third-order valence-electron chi connectivity index (χ3n) is 6.71. The summed E-state index contributed by atoms with van der Waals surface area (Å²) in [6.07, 6.45) is 2.71. The maximum Gasteiger partial charge on any atom is 0.417 e. The molecule has 1 aliphatic heterocycles. The summed E-state index contributed by atoms with van der Waals surface area (Å²) in [4.78, 5) is 30.8. The normalized spacial score (nSPS) is 19.6. The molecule has 2 fully saturated rings. The maximum absolute atomic E-state index is 13.3. The average molecular weight is 445 g/mol. The quantitative estimate of drug-likeness (QED) is 0.682. The van der Waals surface area contributed by atoms with Gasteiger partial charge in [-0.1, -0.05) is 12.1 Å². The van der Waals surface area contributed by atoms with Gasteiger partial charge >= 0.3 is 6.18 Å². The third-order valence-corrected chi connectivity index (χ3v) is 6.71. The Balaban J connectivity index is 1.25. The zero-order valence-electron chi connectivity index (χ0n) is 17.7. The van der Waals surface area contributed by atoms with Gasteiger partial charge in [-0.05, 0) is 67.3 Å². The Labute approximate surface area is 185 Å². The van der Waals surface area contributed by atoms with Gasteiger partial charge < -0.3 is 10.2 Å². The number of hydrogen-bond donors (Lipinski definition) is 1. The minimum Gasteiger partial charge on any atom is -0.356 e. The summed E-state index contributed by atoms with van der Waals surface area (Å²) < 4.78 is 39.8. The van der Waals surface area contributed by atoms with E-state index in [1.165, 1.54) is 28.7 Å². The van der Waals surface area contributed by atoms with E-state index >= 15 is 0 Å². The standard InChI is InChI=1S/C24H26F3N3O2/c25-24(26,27)19-6-2-1-5-18(19)22(32)30-14-9-23(10-15-30)16-20(23)21(31)29-11-3-4-17-7-12-28-13-8-17/h1-2,5-8,12-13,20H,3-4,9-11,14-16H2,(H,29,31). The highest BCUT2D eigenvalue weighted by molar-refractivity contribution is 5.96. The molecule has 0 radical (unpaired) electrons. The van der Waals surface area contributed by atoms with Crippen molar-refractivity contribution in [2.75, 3.05) is 19.6 Å². The topological polar surface area (TPSA) is 62.3 Å². The van der Waals surface area contributed by atoms with Crippen LogP contribution in [0.3, 0.4) is 0 Å². The lowest BCUT2D eigenvalue weighted by Crippen LogP contribution is -2.41. The number of hydrogen-bond acceptors (Lipinski definition) is 3. The van der Waals surface area contributed by atoms with Gasteiger partial charge in [0, 0.05) is 37.9 Å². The van der Waals surface area contributed by atoms with Crippen molar-refractivity contribution in [2.24, 2.45) is 11.3 Å². The van der Waals surface area contributed by atoms with E-state index in [9.17, 15) is 22.8 Å². The fourth-order valence-electron chi connectivity index (χ4n) is 4.69. The van der Waals surface area contributed by atoms with E-state index in [4.69, 9.17) is 0 Å². The third kappa shape index (κ3) is 4.79. The summed E-state index contributed by atoms with van der Waals surface area (Å²) >= 11 is 0. The summed E-state index contributed by atoms with van der Waals surface area (Å²) in [5.74, 6) is -0.615. The highest BCUT2D eigenvalue weighted by Crippen LogP contribution is 2.59. The van der Waals surface area contributed by atoms with Crippen LogP contribution >= 0.6 is 0 Å². The SMILES string of the molecule is O=C(NCCCc1ccncc1)C1CC12CCN(C(=O)c1ccccc1C(F)(F)F)CC2. The summed E-state index contributed by atoms with van der Waals surface area (Å²) in [6, 6.07) is 8.82. The number of piperidine rings is 1. The van der Waals surface area contributed by atoms with Gasteiger partial charge in [-0.2, -0.15) is 13.2 Å². The van der Waals surface area contributed by atoms with Crippen molar-refractivity contribution in [2.45, 2.75) is 38.3 Å². The molecule has 1 spiro atoms. The molecule has 1 N–H and O–H groups in total. The second-order valence-electron chi connectivity index (χ2n) is 8.70. The van der Waals surface area contributed by atoms with Crippen LogP contribution in [0, 0.1) is 11.3 Å². The van der Waals surface area contributed by atoms with Crippen LogP contribution < -0.4 is 5.32 Å². The number of nitrogens with zero attached hydrogens (tertiary/aromatic N) is 2. The molecule has 32 heavy (non-hydrogen) atoms. The zero-order chi connectivity index (χ0) is 22.8. The minimum atomic E-state index is -4.57. The molecule has 2 aromatic rings. The highest BCUT2D eigenvalue weighted by Gasteiger charge is 2.58. The number of alkyl halides is 3. The molecule has 1 aliphatic carbocycles. The lowest BCUT2D eigenvalue weighted by molar-refractivity contribution is -0.138. The van der Waals surface area contributed by atoms with E-state index < -0.39 is 17.6 Å². The fraction of sp³-hybridized carbons (Fsp3) is 0.458. The van der Waals surface area contributed by atoms with Crippen LogP contribution in [0.4, 0.5) is 13.2 Å². The van der Waals surface area contributed by atoms with Crippen molar-refractivity contribution in [1.29, 1.82) is 0 Å². The largest absolute Gasteiger partial charge is 0.417 e. The second kappa shape index (κ2) is 8.92. The van der Waals surface area contributed by atoms with Gasteiger partial charge in [0.1, 0.15) is 0 Å². The van der Waals surface area contributed by atoms with Crippen molar-refractivity contribution in [3.05, 3.63) is 65.5 Å². The van der Waals surface area contributed by atoms with Gasteiger partial charge in [-0.25, -0.2) is 0 Å². The molecule has 2 heterocycles. The number of likely N-dealkylation sites (tertiary alicyclic amines) is 1. The van der Waals surface area contributed by atoms with Crippen molar-refractivity contribution < 1.29 is 22.8 Å². The van der Waals surface area contributed by atoms with Crippen molar-refractivity contribution in [3.63, 3.8) is 0 Å². The molecule has 1 saturated carbocycles. The van der Waals surface area contributed by atoms with Gasteiger partial charge in [0.05, 0.1) is 11.1 Å². The van der Waals surface area contributed by atoms with Crippen LogP contribution in [-0.2, 0) is 17.4 Å². The Bertz CT molecular complexity index is 970. The minimum absolute atomic E-state index is 0.0434. The monoisotopic (exact) mass is 445 g/mol. The molecular weight excluding hydrogens is 419 g/mol. The summed E-state index contributed by atoms with van der Waals surface area (Å²) in [6.45, 7) is 1.35. The lowest BCUT2D eigenvalue weighted by Gasteiger charge is -2.33. The zero-order valence-corrected chi connectivity index (χ0v) is 17.7. The Hall–Kier alpha value is -2.90. The van der Waals surface area contributed by atoms with Gasteiger partial charge in [0.15, 0.2) is 0 Å². The molecule has 1 saturated heterocycles. The number of nitrogens with one attached hydrogen (secondary N) is 1. The molecule has 2 amide bonds. The van der Waals surface area contributed by atoms with E-state index in [1.54, 1.807) is 12.4 Å². The Morgan fingerprint density at radius 1 is 1.09 bits per heavy atom. The van der Waals surface area contributed by atoms with Crippen LogP contribution in [0.25, 0.3) is 0 Å². The van der Waals surface area contributed by atoms with Crippen molar-refractivity contribution in [3.8, 4) is 0 Å². The highest BCUT2D eigenvalue weighted by atomic mass is 19.4. The first kappa shape index (κ1) is 22.3. The molecule has 0 bridgehead atoms. The first-order chi connectivity index (χ1) is 15.3. The van der Waals surface area contributed by atoms with Crippen LogP contribution in [-0.4, -0.2) is 41.3 Å². The summed E-state index contributed by atoms with van der Waals surface area (Å²) in [5.41, 5.74) is -0.146. The number of benzene rings is 1. The number of halogens is 3. The van der Waals surface area contributed by atoms with E-state index in [0.717, 1.165) is 25.3 Å². The molecule has 4 rings (SSSR count). The first-order valence-corrected chi connectivity index (χ1v) is 10.9. The molecule has 5 nitrogen and oxygen atoms in total. The predicted octanol–water partition coefficient (Wildman–Crippen LogP) is 4.09. The molecule has 1 atom stereocenters. The second-order valence-corrected chi connectivity index (χ2v) is 8.70. The summed E-state index contributed by atoms with van der Waals surface area (Å²) in [7, 11) is 0. The smallest absolute Gasteiger partial charge is 0.356 e. The number of carbonyl (C=O) groups is 2. The number of amides is 2. The molecule has 8 heteroatoms. The molecule has 2 aliphatic rings. The van der Waals surface area contributed by atoms with Gasteiger partial charge in [0.25, 0.3) is 5.91 Å². The molecular formula is C24H26F3N3O2. The van der Waals surface area contributed by atoms with Crippen LogP contribution in [0.2, 0.25) is 0 Å². The van der Waals surface area contributed by atoms with Gasteiger partial charge in [-0.3, -0.25) is 14.6 Å². The van der Waals surface area contributed by atoms with E-state index in [1.807, 2.05) is 12.1 Å². The van der Waals surface area contributed by atoms with Crippen molar-refractivity contribution >= 4 is 11.8 Å². The van der Waals surface area contributed by atoms with Crippen LogP contribution in [0.15, 0.2) is 48.8 Å². The number of carbonyl (C=O) groups excluding carboxylic acids is 2. The van der Waals surface area contributed by atoms with E-state index in [2.05, 4.69) is 10.3 Å². The number of pyridine rings is 1. The molecule has 1 aromatic heterocycles. The number of aromatic nitrogens is 1. The fourth-order valence-corrected chi connectivity index (χ4v) is 4.69. The molecule has 1 aromatic carbocycles. The van der Waals surface area contributed by atoms with Gasteiger partial charge in [-0.15, -0.1) is 0 Å². The molecule has 170 valence electrons. The Kier molecular flexibility index (Phi) is 6.22. The summed E-state index contributed by atoms with van der Waals surface area (Å²) in [5, 5.41) is 3.01. The number of aryl methyl sites for hydroxylation is 1. The lowest BCUT2D eigenvalue weighted by atomic mass is 9.90. The maximum atomic E-state index is 13.3. The van der Waals surface area contributed by atoms with Crippen LogP contribution in [0.5, 0.6) is 0 Å². The predicted molar refractivity (Wildman–Crippen MR) is 113 cm³/mol. The van der Waals surface area contributed by atoms with Crippen LogP contribution in [0.1, 0.15) is 47.2 Å².